The first-order chi connectivity index (χ1) is 10.3. The molecule has 1 aromatic rings. The van der Waals surface area contributed by atoms with Crippen molar-refractivity contribution in [2.45, 2.75) is 26.3 Å². The summed E-state index contributed by atoms with van der Waals surface area (Å²) in [6, 6.07) is 4.76. The predicted molar refractivity (Wildman–Crippen MR) is 82.7 cm³/mol. The zero-order valence-electron chi connectivity index (χ0n) is 12.8. The Hall–Kier alpha value is -1.96. The van der Waals surface area contributed by atoms with E-state index in [9.17, 15) is 13.2 Å². The summed E-state index contributed by atoms with van der Waals surface area (Å²) in [4.78, 5) is 12.0. The number of nitrogens with one attached hydrogen (secondary N) is 1. The van der Waals surface area contributed by atoms with Crippen LogP contribution in [0.5, 0.6) is 11.5 Å². The van der Waals surface area contributed by atoms with E-state index in [1.165, 1.54) is 0 Å². The summed E-state index contributed by atoms with van der Waals surface area (Å²) in [7, 11) is -3.60. The van der Waals surface area contributed by atoms with E-state index < -0.39 is 10.0 Å². The third-order valence-electron chi connectivity index (χ3n) is 3.35. The highest BCUT2D eigenvalue weighted by molar-refractivity contribution is 7.92. The predicted octanol–water partition coefficient (Wildman–Crippen LogP) is 1.10. The maximum atomic E-state index is 12.0. The van der Waals surface area contributed by atoms with E-state index >= 15 is 0 Å². The normalized spacial score (nSPS) is 14.5. The van der Waals surface area contributed by atoms with Crippen molar-refractivity contribution in [3.8, 4) is 11.5 Å². The molecule has 0 fully saturated rings. The van der Waals surface area contributed by atoms with Gasteiger partial charge >= 0.3 is 0 Å². The number of amides is 1. The minimum atomic E-state index is -3.60. The molecule has 2 rings (SSSR count). The zero-order chi connectivity index (χ0) is 16.3. The average Bonchev–Trinajstić information content (AvgIpc) is 2.90. The molecule has 0 bridgehead atoms. The Balaban J connectivity index is 2.22. The van der Waals surface area contributed by atoms with Crippen molar-refractivity contribution in [1.29, 1.82) is 0 Å². The number of hydrogen-bond acceptors (Lipinski definition) is 5. The van der Waals surface area contributed by atoms with Crippen LogP contribution in [0.1, 0.15) is 20.3 Å². The van der Waals surface area contributed by atoms with Crippen molar-refractivity contribution >= 4 is 21.6 Å². The Labute approximate surface area is 130 Å². The van der Waals surface area contributed by atoms with Crippen LogP contribution in [-0.4, -0.2) is 40.0 Å². The number of carbonyl (C=O) groups is 1. The molecule has 122 valence electrons. The highest BCUT2D eigenvalue weighted by Crippen LogP contribution is 2.35. The van der Waals surface area contributed by atoms with Crippen molar-refractivity contribution in [1.82, 2.24) is 5.32 Å². The zero-order valence-corrected chi connectivity index (χ0v) is 13.6. The standard InChI is InChI=1S/C14H20N2O5S/c1-4-10(2)15-14(17)8-16(22(3,18)19)11-5-6-12-13(7-11)21-9-20-12/h5-7,10H,4,8-9H2,1-3H3,(H,15,17)/t10-/m1/s1. The fourth-order valence-electron chi connectivity index (χ4n) is 1.99. The number of ether oxygens (including phenoxy) is 2. The third kappa shape index (κ3) is 3.82. The largest absolute Gasteiger partial charge is 0.454 e. The van der Waals surface area contributed by atoms with Crippen LogP contribution >= 0.6 is 0 Å². The van der Waals surface area contributed by atoms with Crippen LogP contribution in [0.2, 0.25) is 0 Å². The lowest BCUT2D eigenvalue weighted by Gasteiger charge is -2.23. The van der Waals surface area contributed by atoms with Crippen LogP contribution in [-0.2, 0) is 14.8 Å². The molecule has 0 saturated carbocycles. The molecule has 0 aromatic heterocycles. The van der Waals surface area contributed by atoms with Gasteiger partial charge in [-0.05, 0) is 25.5 Å². The van der Waals surface area contributed by atoms with Crippen LogP contribution < -0.4 is 19.1 Å². The second kappa shape index (κ2) is 6.43. The SMILES string of the molecule is CC[C@@H](C)NC(=O)CN(c1ccc2c(c1)OCO2)S(C)(=O)=O. The topological polar surface area (TPSA) is 84.9 Å². The summed E-state index contributed by atoms with van der Waals surface area (Å²) in [5.41, 5.74) is 0.367. The van der Waals surface area contributed by atoms with Crippen LogP contribution in [0.3, 0.4) is 0 Å². The van der Waals surface area contributed by atoms with E-state index in [2.05, 4.69) is 5.32 Å². The van der Waals surface area contributed by atoms with Gasteiger partial charge in [-0.2, -0.15) is 0 Å². The summed E-state index contributed by atoms with van der Waals surface area (Å²) in [5, 5.41) is 2.75. The number of nitrogens with zero attached hydrogens (tertiary/aromatic N) is 1. The molecular formula is C14H20N2O5S. The van der Waals surface area contributed by atoms with Gasteiger partial charge < -0.3 is 14.8 Å². The Morgan fingerprint density at radius 1 is 1.36 bits per heavy atom. The van der Waals surface area contributed by atoms with Crippen molar-refractivity contribution < 1.29 is 22.7 Å². The van der Waals surface area contributed by atoms with Gasteiger partial charge in [-0.1, -0.05) is 6.92 Å². The molecule has 1 amide bonds. The van der Waals surface area contributed by atoms with Crippen molar-refractivity contribution in [3.05, 3.63) is 18.2 Å². The Kier molecular flexibility index (Phi) is 4.80. The smallest absolute Gasteiger partial charge is 0.240 e. The molecule has 1 N–H and O–H groups in total. The summed E-state index contributed by atoms with van der Waals surface area (Å²) in [6.45, 7) is 3.63. The third-order valence-corrected chi connectivity index (χ3v) is 4.49. The van der Waals surface area contributed by atoms with Gasteiger partial charge in [0.1, 0.15) is 6.54 Å². The molecule has 8 heteroatoms. The summed E-state index contributed by atoms with van der Waals surface area (Å²) < 4.78 is 35.5. The highest BCUT2D eigenvalue weighted by Gasteiger charge is 2.24. The average molecular weight is 328 g/mol. The summed E-state index contributed by atoms with van der Waals surface area (Å²) >= 11 is 0. The summed E-state index contributed by atoms with van der Waals surface area (Å²) in [6.07, 6.45) is 1.84. The molecule has 1 heterocycles. The molecule has 0 aliphatic carbocycles. The van der Waals surface area contributed by atoms with E-state index in [1.54, 1.807) is 18.2 Å². The highest BCUT2D eigenvalue weighted by atomic mass is 32.2. The Bertz CT molecular complexity index is 659. The molecule has 0 saturated heterocycles. The second-order valence-corrected chi connectivity index (χ2v) is 7.09. The fourth-order valence-corrected chi connectivity index (χ4v) is 2.84. The van der Waals surface area contributed by atoms with E-state index in [0.29, 0.717) is 17.2 Å². The van der Waals surface area contributed by atoms with Crippen molar-refractivity contribution in [3.63, 3.8) is 0 Å². The molecule has 7 nitrogen and oxygen atoms in total. The maximum Gasteiger partial charge on any atom is 0.240 e. The first kappa shape index (κ1) is 16.4. The molecule has 0 spiro atoms. The lowest BCUT2D eigenvalue weighted by molar-refractivity contribution is -0.120. The van der Waals surface area contributed by atoms with Gasteiger partial charge in [0.05, 0.1) is 11.9 Å². The van der Waals surface area contributed by atoms with Crippen LogP contribution in [0.15, 0.2) is 18.2 Å². The van der Waals surface area contributed by atoms with Gasteiger partial charge in [0.2, 0.25) is 22.7 Å². The monoisotopic (exact) mass is 328 g/mol. The van der Waals surface area contributed by atoms with Gasteiger partial charge in [-0.25, -0.2) is 8.42 Å². The van der Waals surface area contributed by atoms with Crippen LogP contribution in [0.4, 0.5) is 5.69 Å². The van der Waals surface area contributed by atoms with Crippen LogP contribution in [0.25, 0.3) is 0 Å². The van der Waals surface area contributed by atoms with E-state index in [4.69, 9.17) is 9.47 Å². The van der Waals surface area contributed by atoms with Gasteiger partial charge in [0.25, 0.3) is 0 Å². The number of sulfonamides is 1. The van der Waals surface area contributed by atoms with Gasteiger partial charge in [0, 0.05) is 12.1 Å². The van der Waals surface area contributed by atoms with E-state index in [1.807, 2.05) is 13.8 Å². The number of carbonyl (C=O) groups excluding carboxylic acids is 1. The fraction of sp³-hybridized carbons (Fsp3) is 0.500. The molecule has 0 unspecified atom stereocenters. The Morgan fingerprint density at radius 3 is 2.68 bits per heavy atom. The van der Waals surface area contributed by atoms with Crippen molar-refractivity contribution in [2.75, 3.05) is 23.9 Å². The minimum Gasteiger partial charge on any atom is -0.454 e. The number of hydrogen-bond donors (Lipinski definition) is 1. The van der Waals surface area contributed by atoms with Gasteiger partial charge in [-0.3, -0.25) is 9.10 Å². The van der Waals surface area contributed by atoms with E-state index in [0.717, 1.165) is 17.0 Å². The number of fused-ring (bicyclic) bond motifs is 1. The first-order valence-electron chi connectivity index (χ1n) is 6.98. The molecule has 1 aromatic carbocycles. The van der Waals surface area contributed by atoms with Crippen LogP contribution in [0, 0.1) is 0 Å². The maximum absolute atomic E-state index is 12.0. The number of rotatable bonds is 6. The molecule has 22 heavy (non-hydrogen) atoms. The number of benzene rings is 1. The number of anilines is 1. The Morgan fingerprint density at radius 2 is 2.05 bits per heavy atom. The quantitative estimate of drug-likeness (QED) is 0.845. The lowest BCUT2D eigenvalue weighted by Crippen LogP contribution is -2.43. The molecule has 0 radical (unpaired) electrons. The first-order valence-corrected chi connectivity index (χ1v) is 8.82. The lowest BCUT2D eigenvalue weighted by atomic mass is 10.2. The molecular weight excluding hydrogens is 308 g/mol. The van der Waals surface area contributed by atoms with E-state index in [-0.39, 0.29) is 25.3 Å². The molecule has 1 aliphatic rings. The van der Waals surface area contributed by atoms with Gasteiger partial charge in [0.15, 0.2) is 11.5 Å². The minimum absolute atomic E-state index is 0.00864. The molecule has 1 aliphatic heterocycles. The molecule has 1 atom stereocenters. The summed E-state index contributed by atoms with van der Waals surface area (Å²) in [5.74, 6) is 0.673. The second-order valence-electron chi connectivity index (χ2n) is 5.18. The van der Waals surface area contributed by atoms with Crippen molar-refractivity contribution in [2.24, 2.45) is 0 Å². The van der Waals surface area contributed by atoms with Gasteiger partial charge in [-0.15, -0.1) is 0 Å².